The molecule has 1 aliphatic heterocycles. The van der Waals surface area contributed by atoms with Crippen LogP contribution >= 0.6 is 35.6 Å². The minimum Gasteiger partial charge on any atom is -0.469 e. The molecule has 2 atom stereocenters. The van der Waals surface area contributed by atoms with Crippen LogP contribution < -0.4 is 5.32 Å². The molecule has 2 fully saturated rings. The lowest BCUT2D eigenvalue weighted by atomic mass is 9.97. The van der Waals surface area contributed by atoms with Gasteiger partial charge in [-0.05, 0) is 31.4 Å². The van der Waals surface area contributed by atoms with Gasteiger partial charge >= 0.3 is 5.97 Å². The summed E-state index contributed by atoms with van der Waals surface area (Å²) in [4.78, 5) is 18.1. The number of esters is 1. The number of halogens is 3. The predicted molar refractivity (Wildman–Crippen MR) is 111 cm³/mol. The number of nitrogens with zero attached hydrogens (tertiary/aromatic N) is 2. The molecule has 2 aliphatic rings. The standard InChI is InChI=1S/C18H23ClFN3O2.HI/c1-21-18(23-8-6-11(7-9-23)17(24)25-2)22-15-10-12(15)16-13(19)4-3-5-14(16)20;/h3-5,11-12,15H,6-10H2,1-2H3,(H,21,22);1H. The van der Waals surface area contributed by atoms with Crippen molar-refractivity contribution in [3.05, 3.63) is 34.6 Å². The van der Waals surface area contributed by atoms with Gasteiger partial charge in [0.1, 0.15) is 5.82 Å². The minimum absolute atomic E-state index is 0. The van der Waals surface area contributed by atoms with Crippen molar-refractivity contribution < 1.29 is 13.9 Å². The van der Waals surface area contributed by atoms with E-state index in [1.54, 1.807) is 19.2 Å². The van der Waals surface area contributed by atoms with Crippen molar-refractivity contribution in [3.63, 3.8) is 0 Å². The zero-order chi connectivity index (χ0) is 18.0. The summed E-state index contributed by atoms with van der Waals surface area (Å²) < 4.78 is 18.9. The van der Waals surface area contributed by atoms with E-state index < -0.39 is 0 Å². The number of likely N-dealkylation sites (tertiary alicyclic amines) is 1. The molecule has 1 saturated carbocycles. The quantitative estimate of drug-likeness (QED) is 0.302. The SMILES string of the molecule is CN=C(NC1CC1c1c(F)cccc1Cl)N1CCC(C(=O)OC)CC1.I. The molecule has 1 heterocycles. The molecule has 2 unspecified atom stereocenters. The number of carbonyl (C=O) groups excluding carboxylic acids is 1. The summed E-state index contributed by atoms with van der Waals surface area (Å²) in [6.45, 7) is 1.49. The lowest BCUT2D eigenvalue weighted by molar-refractivity contribution is -0.146. The van der Waals surface area contributed by atoms with Gasteiger partial charge in [-0.15, -0.1) is 24.0 Å². The zero-order valence-corrected chi connectivity index (χ0v) is 18.0. The van der Waals surface area contributed by atoms with Crippen LogP contribution in [0.15, 0.2) is 23.2 Å². The van der Waals surface area contributed by atoms with E-state index in [9.17, 15) is 9.18 Å². The molecule has 1 aliphatic carbocycles. The van der Waals surface area contributed by atoms with Crippen LogP contribution in [0.25, 0.3) is 0 Å². The van der Waals surface area contributed by atoms with Crippen LogP contribution in [-0.2, 0) is 9.53 Å². The number of guanidine groups is 1. The van der Waals surface area contributed by atoms with Crippen molar-refractivity contribution in [2.75, 3.05) is 27.2 Å². The lowest BCUT2D eigenvalue weighted by Gasteiger charge is -2.33. The van der Waals surface area contributed by atoms with Crippen LogP contribution in [0.4, 0.5) is 4.39 Å². The maximum absolute atomic E-state index is 14.0. The van der Waals surface area contributed by atoms with E-state index in [2.05, 4.69) is 15.2 Å². The molecule has 26 heavy (non-hydrogen) atoms. The Kier molecular flexibility index (Phi) is 7.52. The Labute approximate surface area is 175 Å². The van der Waals surface area contributed by atoms with Gasteiger partial charge in [-0.25, -0.2) is 4.39 Å². The van der Waals surface area contributed by atoms with Gasteiger partial charge in [-0.1, -0.05) is 17.7 Å². The third-order valence-electron chi connectivity index (χ3n) is 5.02. The van der Waals surface area contributed by atoms with Gasteiger partial charge in [0.05, 0.1) is 13.0 Å². The highest BCUT2D eigenvalue weighted by Gasteiger charge is 2.42. The number of benzene rings is 1. The first-order chi connectivity index (χ1) is 12.0. The number of rotatable bonds is 3. The summed E-state index contributed by atoms with van der Waals surface area (Å²) in [6.07, 6.45) is 2.33. The Bertz CT molecular complexity index is 660. The van der Waals surface area contributed by atoms with Crippen LogP contribution in [0.5, 0.6) is 0 Å². The Hall–Kier alpha value is -1.09. The highest BCUT2D eigenvalue weighted by Crippen LogP contribution is 2.45. The Balaban J connectivity index is 0.00000243. The van der Waals surface area contributed by atoms with E-state index in [0.29, 0.717) is 10.6 Å². The second kappa shape index (κ2) is 9.21. The average molecular weight is 496 g/mol. The van der Waals surface area contributed by atoms with Gasteiger partial charge in [0, 0.05) is 42.7 Å². The van der Waals surface area contributed by atoms with Crippen molar-refractivity contribution in [3.8, 4) is 0 Å². The lowest BCUT2D eigenvalue weighted by Crippen LogP contribution is -2.47. The fourth-order valence-corrected chi connectivity index (χ4v) is 3.80. The molecule has 3 rings (SSSR count). The number of aliphatic imine (C=N–C) groups is 1. The first kappa shape index (κ1) is 21.2. The molecule has 0 spiro atoms. The molecular formula is C18H24ClFIN3O2. The topological polar surface area (TPSA) is 53.9 Å². The van der Waals surface area contributed by atoms with Crippen molar-refractivity contribution >= 4 is 47.5 Å². The first-order valence-electron chi connectivity index (χ1n) is 8.55. The predicted octanol–water partition coefficient (Wildman–Crippen LogP) is 3.41. The van der Waals surface area contributed by atoms with E-state index in [4.69, 9.17) is 16.3 Å². The monoisotopic (exact) mass is 495 g/mol. The highest BCUT2D eigenvalue weighted by atomic mass is 127. The molecule has 0 aromatic heterocycles. The largest absolute Gasteiger partial charge is 0.469 e. The average Bonchev–Trinajstić information content (AvgIpc) is 3.38. The third-order valence-corrected chi connectivity index (χ3v) is 5.35. The van der Waals surface area contributed by atoms with E-state index in [-0.39, 0.29) is 53.6 Å². The number of nitrogens with one attached hydrogen (secondary N) is 1. The smallest absolute Gasteiger partial charge is 0.308 e. The van der Waals surface area contributed by atoms with Crippen molar-refractivity contribution in [2.45, 2.75) is 31.2 Å². The van der Waals surface area contributed by atoms with E-state index in [1.807, 2.05) is 0 Å². The van der Waals surface area contributed by atoms with Gasteiger partial charge in [0.2, 0.25) is 0 Å². The fraction of sp³-hybridized carbons (Fsp3) is 0.556. The minimum atomic E-state index is -0.254. The van der Waals surface area contributed by atoms with Crippen LogP contribution in [0.2, 0.25) is 5.02 Å². The summed E-state index contributed by atoms with van der Waals surface area (Å²) in [6, 6.07) is 4.92. The normalized spacial score (nSPS) is 23.2. The fourth-order valence-electron chi connectivity index (χ4n) is 3.50. The number of carbonyl (C=O) groups is 1. The number of ether oxygens (including phenoxy) is 1. The van der Waals surface area contributed by atoms with Gasteiger partial charge < -0.3 is 15.0 Å². The molecule has 1 aromatic rings. The summed E-state index contributed by atoms with van der Waals surface area (Å²) in [5.74, 6) is 0.432. The maximum atomic E-state index is 14.0. The van der Waals surface area contributed by atoms with E-state index in [1.165, 1.54) is 13.2 Å². The molecule has 8 heteroatoms. The highest BCUT2D eigenvalue weighted by molar-refractivity contribution is 14.0. The van der Waals surface area contributed by atoms with E-state index >= 15 is 0 Å². The molecule has 0 amide bonds. The van der Waals surface area contributed by atoms with Gasteiger partial charge in [-0.2, -0.15) is 0 Å². The number of methoxy groups -OCH3 is 1. The number of hydrogen-bond donors (Lipinski definition) is 1. The van der Waals surface area contributed by atoms with Crippen LogP contribution in [-0.4, -0.2) is 50.1 Å². The van der Waals surface area contributed by atoms with Crippen molar-refractivity contribution in [1.29, 1.82) is 0 Å². The first-order valence-corrected chi connectivity index (χ1v) is 8.93. The number of piperidine rings is 1. The molecule has 5 nitrogen and oxygen atoms in total. The summed E-state index contributed by atoms with van der Waals surface area (Å²) >= 11 is 6.16. The molecule has 1 N–H and O–H groups in total. The molecule has 0 bridgehead atoms. The van der Waals surface area contributed by atoms with Crippen LogP contribution in [0, 0.1) is 11.7 Å². The molecular weight excluding hydrogens is 472 g/mol. The van der Waals surface area contributed by atoms with Crippen LogP contribution in [0.3, 0.4) is 0 Å². The zero-order valence-electron chi connectivity index (χ0n) is 14.9. The maximum Gasteiger partial charge on any atom is 0.308 e. The second-order valence-electron chi connectivity index (χ2n) is 6.56. The molecule has 144 valence electrons. The van der Waals surface area contributed by atoms with Gasteiger partial charge in [-0.3, -0.25) is 9.79 Å². The summed E-state index contributed by atoms with van der Waals surface area (Å²) in [5, 5.41) is 3.88. The number of hydrogen-bond acceptors (Lipinski definition) is 3. The second-order valence-corrected chi connectivity index (χ2v) is 6.97. The Morgan fingerprint density at radius 2 is 2.08 bits per heavy atom. The van der Waals surface area contributed by atoms with Gasteiger partial charge in [0.15, 0.2) is 5.96 Å². The van der Waals surface area contributed by atoms with Crippen molar-refractivity contribution in [1.82, 2.24) is 10.2 Å². The Morgan fingerprint density at radius 1 is 1.38 bits per heavy atom. The third kappa shape index (κ3) is 4.60. The Morgan fingerprint density at radius 3 is 2.65 bits per heavy atom. The molecule has 0 radical (unpaired) electrons. The summed E-state index contributed by atoms with van der Waals surface area (Å²) in [5.41, 5.74) is 0.585. The van der Waals surface area contributed by atoms with Gasteiger partial charge in [0.25, 0.3) is 0 Å². The van der Waals surface area contributed by atoms with E-state index in [0.717, 1.165) is 38.3 Å². The van der Waals surface area contributed by atoms with Crippen molar-refractivity contribution in [2.24, 2.45) is 10.9 Å². The molecule has 1 aromatic carbocycles. The summed E-state index contributed by atoms with van der Waals surface area (Å²) in [7, 11) is 3.17. The van der Waals surface area contributed by atoms with Crippen LogP contribution in [0.1, 0.15) is 30.7 Å². The molecule has 1 saturated heterocycles.